The van der Waals surface area contributed by atoms with Crippen molar-refractivity contribution in [3.63, 3.8) is 0 Å². The summed E-state index contributed by atoms with van der Waals surface area (Å²) < 4.78 is 1.83. The Hall–Kier alpha value is -3.41. The molecule has 2 aromatic carbocycles. The van der Waals surface area contributed by atoms with Gasteiger partial charge in [0.15, 0.2) is 0 Å². The molecule has 0 atom stereocenters. The van der Waals surface area contributed by atoms with Gasteiger partial charge in [0.1, 0.15) is 5.82 Å². The molecule has 2 aromatic heterocycles. The first-order chi connectivity index (χ1) is 12.5. The zero-order valence-electron chi connectivity index (χ0n) is 15.0. The van der Waals surface area contributed by atoms with Crippen molar-refractivity contribution in [3.05, 3.63) is 65.4 Å². The summed E-state index contributed by atoms with van der Waals surface area (Å²) in [7, 11) is 0. The monoisotopic (exact) mass is 344 g/mol. The number of nitrogens with two attached hydrogens (primary N) is 1. The van der Waals surface area contributed by atoms with E-state index >= 15 is 0 Å². The summed E-state index contributed by atoms with van der Waals surface area (Å²) in [5.74, 6) is 1.59. The van der Waals surface area contributed by atoms with E-state index in [1.165, 1.54) is 16.7 Å². The molecule has 0 fully saturated rings. The van der Waals surface area contributed by atoms with Crippen LogP contribution in [0.25, 0.3) is 16.9 Å². The quantitative estimate of drug-likeness (QED) is 0.585. The van der Waals surface area contributed by atoms with Crippen LogP contribution in [0.2, 0.25) is 0 Å². The van der Waals surface area contributed by atoms with Gasteiger partial charge in [-0.25, -0.2) is 9.97 Å². The number of anilines is 3. The van der Waals surface area contributed by atoms with Crippen molar-refractivity contribution in [1.82, 2.24) is 19.5 Å². The normalized spacial score (nSPS) is 11.0. The van der Waals surface area contributed by atoms with Crippen LogP contribution in [-0.4, -0.2) is 19.5 Å². The second kappa shape index (κ2) is 6.15. The summed E-state index contributed by atoms with van der Waals surface area (Å²) in [5.41, 5.74) is 12.6. The highest BCUT2D eigenvalue weighted by molar-refractivity contribution is 5.80. The van der Waals surface area contributed by atoms with Crippen LogP contribution in [0.15, 0.2) is 48.7 Å². The third-order valence-electron chi connectivity index (χ3n) is 4.64. The Morgan fingerprint density at radius 2 is 1.69 bits per heavy atom. The van der Waals surface area contributed by atoms with Crippen molar-refractivity contribution in [3.8, 4) is 5.82 Å². The summed E-state index contributed by atoms with van der Waals surface area (Å²) >= 11 is 0. The Morgan fingerprint density at radius 3 is 2.46 bits per heavy atom. The molecule has 6 nitrogen and oxygen atoms in total. The molecule has 0 unspecified atom stereocenters. The van der Waals surface area contributed by atoms with Gasteiger partial charge in [-0.1, -0.05) is 12.1 Å². The first kappa shape index (κ1) is 16.1. The van der Waals surface area contributed by atoms with Gasteiger partial charge in [0.2, 0.25) is 11.9 Å². The van der Waals surface area contributed by atoms with E-state index in [-0.39, 0.29) is 0 Å². The zero-order chi connectivity index (χ0) is 18.3. The standard InChI is InChI=1S/C20H20N6/c1-12-10-15(11-13(2)14(12)3)23-20-22-9-8-18(25-20)26-17-7-5-4-6-16(17)24-19(26)21/h4-11H,1-3H3,(H2,21,24)(H,22,23,25). The van der Waals surface area contributed by atoms with Crippen LogP contribution in [0.1, 0.15) is 16.7 Å². The number of fused-ring (bicyclic) bond motifs is 1. The number of hydrogen-bond donors (Lipinski definition) is 2. The molecule has 0 aliphatic carbocycles. The van der Waals surface area contributed by atoms with Gasteiger partial charge in [-0.3, -0.25) is 4.57 Å². The first-order valence-electron chi connectivity index (χ1n) is 8.44. The lowest BCUT2D eigenvalue weighted by Gasteiger charge is -2.11. The molecule has 130 valence electrons. The molecule has 2 heterocycles. The zero-order valence-corrected chi connectivity index (χ0v) is 15.0. The Balaban J connectivity index is 1.74. The molecule has 0 radical (unpaired) electrons. The molecule has 3 N–H and O–H groups in total. The Bertz CT molecular complexity index is 1090. The second-order valence-electron chi connectivity index (χ2n) is 6.39. The van der Waals surface area contributed by atoms with Crippen molar-refractivity contribution in [2.24, 2.45) is 0 Å². The molecular formula is C20H20N6. The fourth-order valence-corrected chi connectivity index (χ4v) is 3.06. The maximum atomic E-state index is 6.12. The molecule has 26 heavy (non-hydrogen) atoms. The van der Waals surface area contributed by atoms with Crippen molar-refractivity contribution in [1.29, 1.82) is 0 Å². The summed E-state index contributed by atoms with van der Waals surface area (Å²) in [6, 6.07) is 13.8. The second-order valence-corrected chi connectivity index (χ2v) is 6.39. The van der Waals surface area contributed by atoms with E-state index in [1.54, 1.807) is 6.20 Å². The maximum Gasteiger partial charge on any atom is 0.229 e. The number of aromatic nitrogens is 4. The van der Waals surface area contributed by atoms with E-state index in [2.05, 4.69) is 53.2 Å². The van der Waals surface area contributed by atoms with E-state index < -0.39 is 0 Å². The highest BCUT2D eigenvalue weighted by Gasteiger charge is 2.11. The molecule has 0 aliphatic rings. The van der Waals surface area contributed by atoms with Gasteiger partial charge in [0.25, 0.3) is 0 Å². The molecular weight excluding hydrogens is 324 g/mol. The molecule has 0 saturated carbocycles. The number of benzene rings is 2. The predicted octanol–water partition coefficient (Wildman–Crippen LogP) is 4.07. The summed E-state index contributed by atoms with van der Waals surface area (Å²) in [5, 5.41) is 3.29. The Kier molecular flexibility index (Phi) is 3.80. The van der Waals surface area contributed by atoms with Gasteiger partial charge in [-0.2, -0.15) is 4.98 Å². The molecule has 0 bridgehead atoms. The van der Waals surface area contributed by atoms with Crippen LogP contribution in [0, 0.1) is 20.8 Å². The number of aryl methyl sites for hydroxylation is 2. The van der Waals surface area contributed by atoms with Crippen molar-refractivity contribution in [2.45, 2.75) is 20.8 Å². The SMILES string of the molecule is Cc1cc(Nc2nccc(-n3c(N)nc4ccccc43)n2)cc(C)c1C. The van der Waals surface area contributed by atoms with Crippen LogP contribution >= 0.6 is 0 Å². The molecule has 0 saturated heterocycles. The van der Waals surface area contributed by atoms with Crippen molar-refractivity contribution >= 4 is 28.6 Å². The molecule has 4 aromatic rings. The van der Waals surface area contributed by atoms with E-state index in [9.17, 15) is 0 Å². The summed E-state index contributed by atoms with van der Waals surface area (Å²) in [6.45, 7) is 6.32. The van der Waals surface area contributed by atoms with Crippen LogP contribution in [0.5, 0.6) is 0 Å². The molecule has 6 heteroatoms. The third kappa shape index (κ3) is 2.75. The van der Waals surface area contributed by atoms with Crippen molar-refractivity contribution < 1.29 is 0 Å². The predicted molar refractivity (Wildman–Crippen MR) is 105 cm³/mol. The molecule has 4 rings (SSSR count). The minimum absolute atomic E-state index is 0.401. The number of para-hydroxylation sites is 2. The number of nitrogens with zero attached hydrogens (tertiary/aromatic N) is 4. The number of imidazole rings is 1. The first-order valence-corrected chi connectivity index (χ1v) is 8.44. The molecule has 0 amide bonds. The third-order valence-corrected chi connectivity index (χ3v) is 4.64. The minimum atomic E-state index is 0.401. The van der Waals surface area contributed by atoms with Crippen molar-refractivity contribution in [2.75, 3.05) is 11.1 Å². The van der Waals surface area contributed by atoms with Crippen LogP contribution in [-0.2, 0) is 0 Å². The van der Waals surface area contributed by atoms with E-state index in [0.717, 1.165) is 16.7 Å². The smallest absolute Gasteiger partial charge is 0.229 e. The van der Waals surface area contributed by atoms with Crippen LogP contribution in [0.3, 0.4) is 0 Å². The maximum absolute atomic E-state index is 6.12. The Labute approximate surface area is 151 Å². The van der Waals surface area contributed by atoms with Gasteiger partial charge in [-0.15, -0.1) is 0 Å². The number of hydrogen-bond acceptors (Lipinski definition) is 5. The highest BCUT2D eigenvalue weighted by atomic mass is 15.2. The topological polar surface area (TPSA) is 81.7 Å². The molecule has 0 spiro atoms. The van der Waals surface area contributed by atoms with E-state index in [4.69, 9.17) is 5.73 Å². The Morgan fingerprint density at radius 1 is 0.962 bits per heavy atom. The molecule has 0 aliphatic heterocycles. The van der Waals surface area contributed by atoms with Gasteiger partial charge in [0.05, 0.1) is 11.0 Å². The number of nitrogens with one attached hydrogen (secondary N) is 1. The lowest BCUT2D eigenvalue weighted by atomic mass is 10.0. The van der Waals surface area contributed by atoms with Gasteiger partial charge in [-0.05, 0) is 61.7 Å². The minimum Gasteiger partial charge on any atom is -0.369 e. The number of nitrogen functional groups attached to an aromatic ring is 1. The van der Waals surface area contributed by atoms with Crippen LogP contribution < -0.4 is 11.1 Å². The highest BCUT2D eigenvalue weighted by Crippen LogP contribution is 2.24. The largest absolute Gasteiger partial charge is 0.369 e. The summed E-state index contributed by atoms with van der Waals surface area (Å²) in [6.07, 6.45) is 1.72. The lowest BCUT2D eigenvalue weighted by molar-refractivity contribution is 1.01. The average Bonchev–Trinajstić information content (AvgIpc) is 2.95. The van der Waals surface area contributed by atoms with Gasteiger partial charge >= 0.3 is 0 Å². The fourth-order valence-electron chi connectivity index (χ4n) is 3.06. The van der Waals surface area contributed by atoms with E-state index in [0.29, 0.717) is 17.7 Å². The van der Waals surface area contributed by atoms with Crippen LogP contribution in [0.4, 0.5) is 17.6 Å². The van der Waals surface area contributed by atoms with Gasteiger partial charge in [0, 0.05) is 18.0 Å². The van der Waals surface area contributed by atoms with Gasteiger partial charge < -0.3 is 11.1 Å². The number of rotatable bonds is 3. The summed E-state index contributed by atoms with van der Waals surface area (Å²) in [4.78, 5) is 13.4. The van der Waals surface area contributed by atoms with E-state index in [1.807, 2.05) is 34.9 Å². The average molecular weight is 344 g/mol. The fraction of sp³-hybridized carbons (Fsp3) is 0.150. The lowest BCUT2D eigenvalue weighted by Crippen LogP contribution is -2.06.